The zero-order valence-electron chi connectivity index (χ0n) is 9.99. The molecule has 0 aliphatic rings. The van der Waals surface area contributed by atoms with Gasteiger partial charge in [0, 0.05) is 22.3 Å². The molecule has 0 bridgehead atoms. The van der Waals surface area contributed by atoms with Crippen molar-refractivity contribution in [1.82, 2.24) is 0 Å². The third kappa shape index (κ3) is 3.32. The van der Waals surface area contributed by atoms with Crippen LogP contribution in [0.3, 0.4) is 0 Å². The summed E-state index contributed by atoms with van der Waals surface area (Å²) in [6.07, 6.45) is 0. The van der Waals surface area contributed by atoms with Crippen molar-refractivity contribution in [2.45, 2.75) is 10.6 Å². The van der Waals surface area contributed by atoms with Crippen molar-refractivity contribution in [2.24, 2.45) is 5.73 Å². The highest BCUT2D eigenvalue weighted by Crippen LogP contribution is 2.27. The fourth-order valence-corrected chi connectivity index (χ4v) is 2.58. The molecule has 2 nitrogen and oxygen atoms in total. The van der Waals surface area contributed by atoms with Gasteiger partial charge in [-0.25, -0.2) is 8.78 Å². The van der Waals surface area contributed by atoms with E-state index >= 15 is 0 Å². The summed E-state index contributed by atoms with van der Waals surface area (Å²) >= 11 is 1.25. The summed E-state index contributed by atoms with van der Waals surface area (Å²) < 4.78 is 26.3. The van der Waals surface area contributed by atoms with E-state index in [9.17, 15) is 8.78 Å². The average Bonchev–Trinajstić information content (AvgIpc) is 2.38. The van der Waals surface area contributed by atoms with Crippen LogP contribution in [0.25, 0.3) is 0 Å². The fourth-order valence-electron chi connectivity index (χ4n) is 1.66. The van der Waals surface area contributed by atoms with Crippen molar-refractivity contribution >= 4 is 17.6 Å². The first-order valence-corrected chi connectivity index (χ1v) is 6.56. The van der Waals surface area contributed by atoms with Crippen molar-refractivity contribution in [2.75, 3.05) is 0 Å². The fraction of sp³-hybridized carbons (Fsp3) is 0.0714. The number of benzene rings is 2. The van der Waals surface area contributed by atoms with Gasteiger partial charge in [0.1, 0.15) is 17.5 Å². The van der Waals surface area contributed by atoms with Gasteiger partial charge in [0.25, 0.3) is 0 Å². The van der Waals surface area contributed by atoms with Crippen molar-refractivity contribution < 1.29 is 8.78 Å². The van der Waals surface area contributed by atoms with Gasteiger partial charge in [0.15, 0.2) is 0 Å². The van der Waals surface area contributed by atoms with E-state index in [1.54, 1.807) is 12.1 Å². The molecule has 0 aliphatic carbocycles. The topological polar surface area (TPSA) is 49.9 Å². The van der Waals surface area contributed by atoms with Crippen molar-refractivity contribution in [3.05, 3.63) is 65.2 Å². The molecule has 0 fully saturated rings. The lowest BCUT2D eigenvalue weighted by atomic mass is 10.1. The lowest BCUT2D eigenvalue weighted by molar-refractivity contribution is 0.565. The van der Waals surface area contributed by atoms with Crippen LogP contribution in [0.5, 0.6) is 0 Å². The van der Waals surface area contributed by atoms with Crippen LogP contribution in [0, 0.1) is 17.0 Å². The summed E-state index contributed by atoms with van der Waals surface area (Å²) in [5.74, 6) is -0.717. The molecule has 0 heterocycles. The predicted molar refractivity (Wildman–Crippen MR) is 73.4 cm³/mol. The van der Waals surface area contributed by atoms with Crippen LogP contribution >= 0.6 is 11.8 Å². The summed E-state index contributed by atoms with van der Waals surface area (Å²) in [5.41, 5.74) is 6.97. The normalized spacial score (nSPS) is 10.4. The van der Waals surface area contributed by atoms with Crippen LogP contribution in [-0.4, -0.2) is 5.84 Å². The minimum absolute atomic E-state index is 0.0178. The molecule has 2 rings (SSSR count). The molecule has 0 saturated carbocycles. The molecule has 0 aliphatic heterocycles. The van der Waals surface area contributed by atoms with E-state index in [0.717, 1.165) is 11.6 Å². The Labute approximate surface area is 114 Å². The van der Waals surface area contributed by atoms with Gasteiger partial charge >= 0.3 is 0 Å². The van der Waals surface area contributed by atoms with E-state index in [0.29, 0.717) is 16.2 Å². The third-order valence-electron chi connectivity index (χ3n) is 2.58. The Morgan fingerprint density at radius 3 is 2.58 bits per heavy atom. The highest BCUT2D eigenvalue weighted by atomic mass is 32.2. The molecule has 0 spiro atoms. The van der Waals surface area contributed by atoms with Crippen molar-refractivity contribution in [3.8, 4) is 0 Å². The van der Waals surface area contributed by atoms with Gasteiger partial charge in [-0.1, -0.05) is 24.3 Å². The molecule has 0 amide bonds. The molecule has 0 radical (unpaired) electrons. The lowest BCUT2D eigenvalue weighted by Gasteiger charge is -2.08. The summed E-state index contributed by atoms with van der Waals surface area (Å²) in [6, 6.07) is 10.7. The summed E-state index contributed by atoms with van der Waals surface area (Å²) in [5, 5.41) is 7.47. The smallest absolute Gasteiger partial charge is 0.139 e. The minimum atomic E-state index is -0.592. The highest BCUT2D eigenvalue weighted by Gasteiger charge is 2.08. The van der Waals surface area contributed by atoms with E-state index in [1.807, 2.05) is 12.1 Å². The third-order valence-corrected chi connectivity index (χ3v) is 3.68. The number of nitrogen functional groups attached to an aromatic ring is 1. The van der Waals surface area contributed by atoms with Crippen LogP contribution in [0.15, 0.2) is 47.4 Å². The first kappa shape index (κ1) is 13.5. The Kier molecular flexibility index (Phi) is 4.16. The number of amidine groups is 1. The number of hydrogen-bond donors (Lipinski definition) is 2. The van der Waals surface area contributed by atoms with Crippen LogP contribution in [0.1, 0.15) is 11.1 Å². The number of nitrogens with one attached hydrogen (secondary N) is 1. The van der Waals surface area contributed by atoms with Crippen molar-refractivity contribution in [1.29, 1.82) is 5.41 Å². The second kappa shape index (κ2) is 5.84. The number of rotatable bonds is 4. The quantitative estimate of drug-likeness (QED) is 0.510. The molecule has 2 aromatic carbocycles. The van der Waals surface area contributed by atoms with E-state index in [1.165, 1.54) is 23.9 Å². The lowest BCUT2D eigenvalue weighted by Crippen LogP contribution is -2.13. The molecule has 98 valence electrons. The van der Waals surface area contributed by atoms with Gasteiger partial charge in [-0.3, -0.25) is 5.41 Å². The number of thioether (sulfide) groups is 1. The van der Waals surface area contributed by atoms with Crippen LogP contribution in [0.4, 0.5) is 8.78 Å². The van der Waals surface area contributed by atoms with Gasteiger partial charge < -0.3 is 5.73 Å². The predicted octanol–water partition coefficient (Wildman–Crippen LogP) is 3.54. The minimum Gasteiger partial charge on any atom is -0.384 e. The molecule has 0 atom stereocenters. The molecule has 0 aromatic heterocycles. The molecule has 3 N–H and O–H groups in total. The number of nitrogens with two attached hydrogens (primary N) is 1. The van der Waals surface area contributed by atoms with E-state index in [-0.39, 0.29) is 5.84 Å². The maximum absolute atomic E-state index is 13.5. The molecule has 2 aromatic rings. The number of hydrogen-bond acceptors (Lipinski definition) is 2. The Bertz CT molecular complexity index is 614. The van der Waals surface area contributed by atoms with Gasteiger partial charge in [0.2, 0.25) is 0 Å². The van der Waals surface area contributed by atoms with Crippen LogP contribution in [-0.2, 0) is 5.75 Å². The zero-order valence-corrected chi connectivity index (χ0v) is 10.8. The first-order valence-electron chi connectivity index (χ1n) is 5.58. The van der Waals surface area contributed by atoms with E-state index < -0.39 is 11.6 Å². The Morgan fingerprint density at radius 1 is 1.16 bits per heavy atom. The monoisotopic (exact) mass is 278 g/mol. The molecule has 19 heavy (non-hydrogen) atoms. The van der Waals surface area contributed by atoms with Gasteiger partial charge in [0.05, 0.1) is 0 Å². The summed E-state index contributed by atoms with van der Waals surface area (Å²) in [6.45, 7) is 0. The second-order valence-electron chi connectivity index (χ2n) is 3.93. The largest absolute Gasteiger partial charge is 0.384 e. The second-order valence-corrected chi connectivity index (χ2v) is 4.95. The van der Waals surface area contributed by atoms with Gasteiger partial charge in [-0.2, -0.15) is 0 Å². The number of halogens is 2. The Morgan fingerprint density at radius 2 is 1.89 bits per heavy atom. The van der Waals surface area contributed by atoms with E-state index in [4.69, 9.17) is 11.1 Å². The van der Waals surface area contributed by atoms with Crippen LogP contribution in [0.2, 0.25) is 0 Å². The Hall–Kier alpha value is -1.88. The van der Waals surface area contributed by atoms with Gasteiger partial charge in [-0.15, -0.1) is 11.8 Å². The molecule has 5 heteroatoms. The zero-order chi connectivity index (χ0) is 13.8. The first-order chi connectivity index (χ1) is 9.08. The standard InChI is InChI=1S/C14H12F2N2S/c15-10-5-6-13(12(16)7-10)19-8-9-3-1-2-4-11(9)14(17)18/h1-7H,8H2,(H3,17,18). The molecule has 0 saturated heterocycles. The SMILES string of the molecule is N=C(N)c1ccccc1CSc1ccc(F)cc1F. The average molecular weight is 278 g/mol. The van der Waals surface area contributed by atoms with E-state index in [2.05, 4.69) is 0 Å². The van der Waals surface area contributed by atoms with Gasteiger partial charge in [-0.05, 0) is 17.7 Å². The molecular formula is C14H12F2N2S. The maximum atomic E-state index is 13.5. The molecular weight excluding hydrogens is 266 g/mol. The Balaban J connectivity index is 2.17. The molecule has 0 unspecified atom stereocenters. The van der Waals surface area contributed by atoms with Crippen LogP contribution < -0.4 is 5.73 Å². The summed E-state index contributed by atoms with van der Waals surface area (Å²) in [4.78, 5) is 0.375. The highest BCUT2D eigenvalue weighted by molar-refractivity contribution is 7.98. The summed E-state index contributed by atoms with van der Waals surface area (Å²) in [7, 11) is 0. The maximum Gasteiger partial charge on any atom is 0.139 e. The van der Waals surface area contributed by atoms with Crippen molar-refractivity contribution in [3.63, 3.8) is 0 Å².